The predicted molar refractivity (Wildman–Crippen MR) is 55.9 cm³/mol. The largest absolute Gasteiger partial charge is 0.507 e. The SMILES string of the molecule is Cc1ccc(O)c(C=Nn2cnnc2)c1. The quantitative estimate of drug-likeness (QED) is 0.743. The molecule has 0 saturated carbocycles. The summed E-state index contributed by atoms with van der Waals surface area (Å²) in [6.45, 7) is 1.95. The Labute approximate surface area is 86.7 Å². The van der Waals surface area contributed by atoms with Crippen molar-refractivity contribution in [2.24, 2.45) is 5.10 Å². The Bertz CT molecular complexity index is 476. The molecule has 0 spiro atoms. The van der Waals surface area contributed by atoms with Crippen molar-refractivity contribution in [2.45, 2.75) is 6.92 Å². The number of aromatic hydroxyl groups is 1. The van der Waals surface area contributed by atoms with Crippen molar-refractivity contribution in [1.29, 1.82) is 0 Å². The van der Waals surface area contributed by atoms with Crippen LogP contribution in [0.2, 0.25) is 0 Å². The van der Waals surface area contributed by atoms with Crippen LogP contribution in [0.15, 0.2) is 36.0 Å². The normalized spacial score (nSPS) is 11.0. The number of hydrogen-bond donors (Lipinski definition) is 1. The van der Waals surface area contributed by atoms with Crippen LogP contribution >= 0.6 is 0 Å². The van der Waals surface area contributed by atoms with Crippen LogP contribution in [-0.4, -0.2) is 26.2 Å². The first-order valence-electron chi connectivity index (χ1n) is 4.44. The zero-order valence-electron chi connectivity index (χ0n) is 8.20. The van der Waals surface area contributed by atoms with Crippen molar-refractivity contribution in [3.8, 4) is 5.75 Å². The lowest BCUT2D eigenvalue weighted by molar-refractivity contribution is 0.474. The van der Waals surface area contributed by atoms with E-state index in [1.54, 1.807) is 12.3 Å². The van der Waals surface area contributed by atoms with Crippen LogP contribution in [0.3, 0.4) is 0 Å². The van der Waals surface area contributed by atoms with Crippen LogP contribution in [0.4, 0.5) is 0 Å². The van der Waals surface area contributed by atoms with Crippen LogP contribution in [0.25, 0.3) is 0 Å². The summed E-state index contributed by atoms with van der Waals surface area (Å²) in [6, 6.07) is 5.33. The molecule has 2 aromatic rings. The van der Waals surface area contributed by atoms with E-state index in [9.17, 15) is 5.11 Å². The van der Waals surface area contributed by atoms with Gasteiger partial charge in [0.1, 0.15) is 18.4 Å². The summed E-state index contributed by atoms with van der Waals surface area (Å²) in [6.07, 6.45) is 4.51. The first-order chi connectivity index (χ1) is 7.25. The van der Waals surface area contributed by atoms with E-state index in [4.69, 9.17) is 0 Å². The number of hydrogen-bond acceptors (Lipinski definition) is 4. The minimum atomic E-state index is 0.206. The molecule has 1 aromatic heterocycles. The Hall–Kier alpha value is -2.17. The highest BCUT2D eigenvalue weighted by molar-refractivity contribution is 5.83. The molecule has 0 radical (unpaired) electrons. The summed E-state index contributed by atoms with van der Waals surface area (Å²) in [5.74, 6) is 0.206. The molecule has 15 heavy (non-hydrogen) atoms. The van der Waals surface area contributed by atoms with Gasteiger partial charge in [-0.2, -0.15) is 5.10 Å². The van der Waals surface area contributed by atoms with E-state index in [1.807, 2.05) is 19.1 Å². The fraction of sp³-hybridized carbons (Fsp3) is 0.100. The molecule has 76 valence electrons. The maximum absolute atomic E-state index is 9.53. The van der Waals surface area contributed by atoms with Crippen LogP contribution < -0.4 is 0 Å². The van der Waals surface area contributed by atoms with Gasteiger partial charge in [-0.05, 0) is 19.1 Å². The number of rotatable bonds is 2. The molecule has 0 aliphatic heterocycles. The Balaban J connectivity index is 2.27. The second-order valence-corrected chi connectivity index (χ2v) is 3.15. The van der Waals surface area contributed by atoms with Gasteiger partial charge in [-0.3, -0.25) is 0 Å². The minimum absolute atomic E-state index is 0.206. The zero-order valence-corrected chi connectivity index (χ0v) is 8.20. The van der Waals surface area contributed by atoms with Gasteiger partial charge in [0.05, 0.1) is 6.21 Å². The molecule has 0 aliphatic carbocycles. The van der Waals surface area contributed by atoms with Crippen molar-refractivity contribution < 1.29 is 5.11 Å². The van der Waals surface area contributed by atoms with E-state index in [2.05, 4.69) is 15.3 Å². The highest BCUT2D eigenvalue weighted by atomic mass is 16.3. The topological polar surface area (TPSA) is 63.3 Å². The van der Waals surface area contributed by atoms with Gasteiger partial charge in [-0.15, -0.1) is 10.2 Å². The van der Waals surface area contributed by atoms with Crippen LogP contribution in [0.1, 0.15) is 11.1 Å². The Morgan fingerprint density at radius 2 is 2.07 bits per heavy atom. The van der Waals surface area contributed by atoms with Gasteiger partial charge in [0.15, 0.2) is 0 Å². The van der Waals surface area contributed by atoms with Crippen LogP contribution in [0.5, 0.6) is 5.75 Å². The van der Waals surface area contributed by atoms with E-state index in [1.165, 1.54) is 17.3 Å². The fourth-order valence-electron chi connectivity index (χ4n) is 1.16. The lowest BCUT2D eigenvalue weighted by Crippen LogP contribution is -1.88. The van der Waals surface area contributed by atoms with Crippen molar-refractivity contribution in [3.63, 3.8) is 0 Å². The summed E-state index contributed by atoms with van der Waals surface area (Å²) in [4.78, 5) is 0. The van der Waals surface area contributed by atoms with Gasteiger partial charge in [0, 0.05) is 5.56 Å². The second-order valence-electron chi connectivity index (χ2n) is 3.15. The summed E-state index contributed by atoms with van der Waals surface area (Å²) >= 11 is 0. The number of aromatic nitrogens is 3. The maximum Gasteiger partial charge on any atom is 0.141 e. The first-order valence-corrected chi connectivity index (χ1v) is 4.44. The zero-order chi connectivity index (χ0) is 10.7. The van der Waals surface area contributed by atoms with Crippen molar-refractivity contribution in [2.75, 3.05) is 0 Å². The first kappa shape index (κ1) is 9.39. The fourth-order valence-corrected chi connectivity index (χ4v) is 1.16. The average molecular weight is 202 g/mol. The molecule has 0 amide bonds. The number of benzene rings is 1. The van der Waals surface area contributed by atoms with Gasteiger partial charge in [0.25, 0.3) is 0 Å². The molecule has 0 fully saturated rings. The monoisotopic (exact) mass is 202 g/mol. The molecule has 0 atom stereocenters. The Morgan fingerprint density at radius 1 is 1.33 bits per heavy atom. The van der Waals surface area contributed by atoms with E-state index >= 15 is 0 Å². The van der Waals surface area contributed by atoms with Crippen LogP contribution in [-0.2, 0) is 0 Å². The molecule has 0 aliphatic rings. The number of aryl methyl sites for hydroxylation is 1. The second kappa shape index (κ2) is 3.91. The average Bonchev–Trinajstić information content (AvgIpc) is 2.72. The maximum atomic E-state index is 9.53. The smallest absolute Gasteiger partial charge is 0.141 e. The molecule has 0 saturated heterocycles. The van der Waals surface area contributed by atoms with E-state index in [0.29, 0.717) is 5.56 Å². The highest BCUT2D eigenvalue weighted by Crippen LogP contribution is 2.15. The van der Waals surface area contributed by atoms with Crippen LogP contribution in [0, 0.1) is 6.92 Å². The summed E-state index contributed by atoms with van der Waals surface area (Å²) in [7, 11) is 0. The van der Waals surface area contributed by atoms with E-state index < -0.39 is 0 Å². The van der Waals surface area contributed by atoms with Crippen molar-refractivity contribution >= 4 is 6.21 Å². The molecule has 0 unspecified atom stereocenters. The molecule has 1 aromatic carbocycles. The third-order valence-corrected chi connectivity index (χ3v) is 1.92. The van der Waals surface area contributed by atoms with Gasteiger partial charge >= 0.3 is 0 Å². The lowest BCUT2D eigenvalue weighted by atomic mass is 10.1. The van der Waals surface area contributed by atoms with Gasteiger partial charge in [-0.1, -0.05) is 11.6 Å². The van der Waals surface area contributed by atoms with Crippen molar-refractivity contribution in [3.05, 3.63) is 42.0 Å². The molecule has 5 nitrogen and oxygen atoms in total. The molecule has 5 heteroatoms. The number of phenolic OH excluding ortho intramolecular Hbond substituents is 1. The predicted octanol–water partition coefficient (Wildman–Crippen LogP) is 1.17. The third-order valence-electron chi connectivity index (χ3n) is 1.92. The third kappa shape index (κ3) is 2.19. The molecule has 1 heterocycles. The molecule has 2 rings (SSSR count). The summed E-state index contributed by atoms with van der Waals surface area (Å²) in [5, 5.41) is 20.8. The molecule has 0 bridgehead atoms. The Morgan fingerprint density at radius 3 is 2.80 bits per heavy atom. The summed E-state index contributed by atoms with van der Waals surface area (Å²) in [5.41, 5.74) is 1.74. The highest BCUT2D eigenvalue weighted by Gasteiger charge is 1.97. The Kier molecular flexibility index (Phi) is 2.45. The van der Waals surface area contributed by atoms with Crippen molar-refractivity contribution in [1.82, 2.24) is 14.9 Å². The molecule has 1 N–H and O–H groups in total. The summed E-state index contributed by atoms with van der Waals surface area (Å²) < 4.78 is 1.46. The standard InChI is InChI=1S/C10H10N4O/c1-8-2-3-10(15)9(4-8)5-13-14-6-11-12-7-14/h2-7,15H,1H3. The lowest BCUT2D eigenvalue weighted by Gasteiger charge is -1.99. The molecular weight excluding hydrogens is 192 g/mol. The van der Waals surface area contributed by atoms with Gasteiger partial charge in [0.2, 0.25) is 0 Å². The minimum Gasteiger partial charge on any atom is -0.507 e. The number of phenols is 1. The van der Waals surface area contributed by atoms with E-state index in [-0.39, 0.29) is 5.75 Å². The van der Waals surface area contributed by atoms with Gasteiger partial charge < -0.3 is 5.11 Å². The van der Waals surface area contributed by atoms with E-state index in [0.717, 1.165) is 5.56 Å². The molecular formula is C10H10N4O. The number of nitrogens with zero attached hydrogens (tertiary/aromatic N) is 4. The van der Waals surface area contributed by atoms with Gasteiger partial charge in [-0.25, -0.2) is 4.68 Å².